The standard InChI is InChI=1S/C17H23BrN2/c1-4-17(2,3)11-15-12-19-16(20-15)10-7-13-5-8-14(18)9-6-13/h5-6,8-9,12H,4,7,10-11H2,1-3H3,(H,19,20). The van der Waals surface area contributed by atoms with Gasteiger partial charge >= 0.3 is 0 Å². The van der Waals surface area contributed by atoms with Gasteiger partial charge in [-0.05, 0) is 36.0 Å². The Hall–Kier alpha value is -1.09. The van der Waals surface area contributed by atoms with Crippen LogP contribution >= 0.6 is 15.9 Å². The van der Waals surface area contributed by atoms with E-state index in [1.165, 1.54) is 17.7 Å². The van der Waals surface area contributed by atoms with Crippen LogP contribution in [0.25, 0.3) is 0 Å². The van der Waals surface area contributed by atoms with Gasteiger partial charge in [-0.3, -0.25) is 0 Å². The van der Waals surface area contributed by atoms with Crippen LogP contribution in [0.2, 0.25) is 0 Å². The number of hydrogen-bond acceptors (Lipinski definition) is 1. The third kappa shape index (κ3) is 4.48. The SMILES string of the molecule is CCC(C)(C)Cc1cnc(CCc2ccc(Br)cc2)[nH]1. The van der Waals surface area contributed by atoms with Crippen LogP contribution in [0, 0.1) is 5.41 Å². The molecule has 1 heterocycles. The minimum atomic E-state index is 0.343. The molecule has 0 unspecified atom stereocenters. The Balaban J connectivity index is 1.91. The molecule has 0 spiro atoms. The van der Waals surface area contributed by atoms with Gasteiger partial charge in [0.2, 0.25) is 0 Å². The van der Waals surface area contributed by atoms with Crippen LogP contribution in [0.1, 0.15) is 44.3 Å². The van der Waals surface area contributed by atoms with Crippen molar-refractivity contribution < 1.29 is 0 Å². The van der Waals surface area contributed by atoms with E-state index in [4.69, 9.17) is 0 Å². The molecule has 0 amide bonds. The highest BCUT2D eigenvalue weighted by atomic mass is 79.9. The second kappa shape index (κ2) is 6.57. The maximum atomic E-state index is 4.50. The zero-order valence-corrected chi connectivity index (χ0v) is 14.1. The van der Waals surface area contributed by atoms with Crippen molar-refractivity contribution in [2.24, 2.45) is 5.41 Å². The molecule has 0 saturated heterocycles. The van der Waals surface area contributed by atoms with Gasteiger partial charge in [-0.25, -0.2) is 4.98 Å². The van der Waals surface area contributed by atoms with Gasteiger partial charge in [0.25, 0.3) is 0 Å². The summed E-state index contributed by atoms with van der Waals surface area (Å²) in [5.41, 5.74) is 2.94. The molecule has 20 heavy (non-hydrogen) atoms. The summed E-state index contributed by atoms with van der Waals surface area (Å²) in [5.74, 6) is 1.09. The Labute approximate surface area is 130 Å². The first-order valence-corrected chi connectivity index (χ1v) is 8.05. The van der Waals surface area contributed by atoms with Crippen LogP contribution in [-0.4, -0.2) is 9.97 Å². The lowest BCUT2D eigenvalue weighted by Crippen LogP contribution is -2.13. The zero-order chi connectivity index (χ0) is 14.6. The molecule has 1 aromatic heterocycles. The van der Waals surface area contributed by atoms with E-state index in [0.29, 0.717) is 5.41 Å². The van der Waals surface area contributed by atoms with Crippen molar-refractivity contribution in [3.05, 3.63) is 52.0 Å². The van der Waals surface area contributed by atoms with Gasteiger partial charge in [0.15, 0.2) is 0 Å². The molecule has 1 N–H and O–H groups in total. The second-order valence-corrected chi connectivity index (χ2v) is 7.09. The molecule has 2 nitrogen and oxygen atoms in total. The Kier molecular flexibility index (Phi) is 5.03. The fraction of sp³-hybridized carbons (Fsp3) is 0.471. The summed E-state index contributed by atoms with van der Waals surface area (Å²) in [6.07, 6.45) is 6.23. The van der Waals surface area contributed by atoms with E-state index in [1.54, 1.807) is 0 Å². The minimum Gasteiger partial charge on any atom is -0.346 e. The lowest BCUT2D eigenvalue weighted by molar-refractivity contribution is 0.346. The number of nitrogens with zero attached hydrogens (tertiary/aromatic N) is 1. The van der Waals surface area contributed by atoms with Crippen LogP contribution in [-0.2, 0) is 19.3 Å². The average molecular weight is 335 g/mol. The molecule has 0 fully saturated rings. The molecule has 0 bridgehead atoms. The van der Waals surface area contributed by atoms with Crippen molar-refractivity contribution in [2.45, 2.75) is 46.5 Å². The van der Waals surface area contributed by atoms with Gasteiger partial charge in [-0.15, -0.1) is 0 Å². The largest absolute Gasteiger partial charge is 0.346 e. The quantitative estimate of drug-likeness (QED) is 0.796. The van der Waals surface area contributed by atoms with E-state index in [1.807, 2.05) is 6.20 Å². The first-order valence-electron chi connectivity index (χ1n) is 7.26. The summed E-state index contributed by atoms with van der Waals surface area (Å²) in [5, 5.41) is 0. The molecule has 0 radical (unpaired) electrons. The number of aromatic amines is 1. The third-order valence-corrected chi connectivity index (χ3v) is 4.40. The van der Waals surface area contributed by atoms with E-state index in [0.717, 1.165) is 29.6 Å². The molecule has 0 aliphatic heterocycles. The van der Waals surface area contributed by atoms with Crippen molar-refractivity contribution in [3.8, 4) is 0 Å². The summed E-state index contributed by atoms with van der Waals surface area (Å²) >= 11 is 3.46. The number of hydrogen-bond donors (Lipinski definition) is 1. The Bertz CT molecular complexity index is 540. The molecule has 108 valence electrons. The maximum Gasteiger partial charge on any atom is 0.106 e. The van der Waals surface area contributed by atoms with Crippen LogP contribution in [0.4, 0.5) is 0 Å². The topological polar surface area (TPSA) is 28.7 Å². The molecule has 0 saturated carbocycles. The highest BCUT2D eigenvalue weighted by Crippen LogP contribution is 2.24. The first kappa shape index (κ1) is 15.3. The zero-order valence-electron chi connectivity index (χ0n) is 12.5. The number of imidazole rings is 1. The monoisotopic (exact) mass is 334 g/mol. The van der Waals surface area contributed by atoms with E-state index in [-0.39, 0.29) is 0 Å². The number of halogens is 1. The van der Waals surface area contributed by atoms with E-state index >= 15 is 0 Å². The van der Waals surface area contributed by atoms with Crippen molar-refractivity contribution >= 4 is 15.9 Å². The van der Waals surface area contributed by atoms with Crippen LogP contribution in [0.15, 0.2) is 34.9 Å². The average Bonchev–Trinajstić information content (AvgIpc) is 2.85. The van der Waals surface area contributed by atoms with Crippen LogP contribution < -0.4 is 0 Å². The Morgan fingerprint density at radius 1 is 1.15 bits per heavy atom. The van der Waals surface area contributed by atoms with E-state index in [2.05, 4.69) is 70.9 Å². The summed E-state index contributed by atoms with van der Waals surface area (Å²) in [4.78, 5) is 7.97. The second-order valence-electron chi connectivity index (χ2n) is 6.18. The van der Waals surface area contributed by atoms with Crippen molar-refractivity contribution in [3.63, 3.8) is 0 Å². The molecule has 1 aromatic carbocycles. The van der Waals surface area contributed by atoms with Gasteiger partial charge in [0.1, 0.15) is 5.82 Å². The summed E-state index contributed by atoms with van der Waals surface area (Å²) in [6.45, 7) is 6.84. The maximum absolute atomic E-state index is 4.50. The predicted octanol–water partition coefficient (Wildman–Crippen LogP) is 4.94. The van der Waals surface area contributed by atoms with Gasteiger partial charge in [0.05, 0.1) is 0 Å². The summed E-state index contributed by atoms with van der Waals surface area (Å²) in [7, 11) is 0. The normalized spacial score (nSPS) is 11.8. The van der Waals surface area contributed by atoms with Gasteiger partial charge in [-0.1, -0.05) is 55.3 Å². The minimum absolute atomic E-state index is 0.343. The lowest BCUT2D eigenvalue weighted by atomic mass is 9.85. The van der Waals surface area contributed by atoms with E-state index < -0.39 is 0 Å². The third-order valence-electron chi connectivity index (χ3n) is 3.87. The molecule has 3 heteroatoms. The number of rotatable bonds is 6. The van der Waals surface area contributed by atoms with Gasteiger partial charge in [0, 0.05) is 22.8 Å². The van der Waals surface area contributed by atoms with E-state index in [9.17, 15) is 0 Å². The lowest BCUT2D eigenvalue weighted by Gasteiger charge is -2.21. The number of aryl methyl sites for hydroxylation is 2. The Morgan fingerprint density at radius 2 is 1.85 bits per heavy atom. The number of H-pyrrole nitrogens is 1. The smallest absolute Gasteiger partial charge is 0.106 e. The fourth-order valence-corrected chi connectivity index (χ4v) is 2.44. The van der Waals surface area contributed by atoms with Crippen molar-refractivity contribution in [1.29, 1.82) is 0 Å². The molecular weight excluding hydrogens is 312 g/mol. The van der Waals surface area contributed by atoms with Gasteiger partial charge < -0.3 is 4.98 Å². The van der Waals surface area contributed by atoms with Crippen molar-refractivity contribution in [1.82, 2.24) is 9.97 Å². The molecular formula is C17H23BrN2. The van der Waals surface area contributed by atoms with Crippen LogP contribution in [0.5, 0.6) is 0 Å². The van der Waals surface area contributed by atoms with Crippen LogP contribution in [0.3, 0.4) is 0 Å². The number of benzene rings is 1. The fourth-order valence-electron chi connectivity index (χ4n) is 2.18. The summed E-state index contributed by atoms with van der Waals surface area (Å²) < 4.78 is 1.13. The molecule has 2 rings (SSSR count). The van der Waals surface area contributed by atoms with Crippen molar-refractivity contribution in [2.75, 3.05) is 0 Å². The first-order chi connectivity index (χ1) is 9.48. The number of aromatic nitrogens is 2. The van der Waals surface area contributed by atoms with Gasteiger partial charge in [-0.2, -0.15) is 0 Å². The molecule has 0 aliphatic rings. The molecule has 2 aromatic rings. The predicted molar refractivity (Wildman–Crippen MR) is 87.9 cm³/mol. The molecule has 0 aliphatic carbocycles. The molecule has 0 atom stereocenters. The summed E-state index contributed by atoms with van der Waals surface area (Å²) in [6, 6.07) is 8.50. The Morgan fingerprint density at radius 3 is 2.50 bits per heavy atom. The number of nitrogens with one attached hydrogen (secondary N) is 1. The highest BCUT2D eigenvalue weighted by Gasteiger charge is 2.17. The highest BCUT2D eigenvalue weighted by molar-refractivity contribution is 9.10.